The van der Waals surface area contributed by atoms with Gasteiger partial charge >= 0.3 is 5.97 Å². The van der Waals surface area contributed by atoms with Gasteiger partial charge in [-0.05, 0) is 31.4 Å². The molecule has 0 saturated heterocycles. The maximum atomic E-state index is 12.6. The summed E-state index contributed by atoms with van der Waals surface area (Å²) in [6.07, 6.45) is 7.55. The largest absolute Gasteiger partial charge is 0.491 e. The fourth-order valence-corrected chi connectivity index (χ4v) is 2.67. The number of esters is 1. The number of unbranched alkanes of at least 4 members (excludes halogenated alkanes) is 2. The molecular formula is C20H27NO5. The summed E-state index contributed by atoms with van der Waals surface area (Å²) in [6.45, 7) is 0.939. The van der Waals surface area contributed by atoms with Gasteiger partial charge in [0, 0.05) is 6.42 Å². The number of ether oxygens (including phenoxy) is 3. The zero-order chi connectivity index (χ0) is 18.6. The van der Waals surface area contributed by atoms with Crippen LogP contribution in [0.2, 0.25) is 0 Å². The van der Waals surface area contributed by atoms with Crippen LogP contribution in [0.4, 0.5) is 5.69 Å². The lowest BCUT2D eigenvalue weighted by atomic mass is 10.1. The van der Waals surface area contributed by atoms with E-state index in [9.17, 15) is 9.59 Å². The summed E-state index contributed by atoms with van der Waals surface area (Å²) in [5, 5.41) is 2.91. The number of benzene rings is 1. The number of methoxy groups -OCH3 is 1. The van der Waals surface area contributed by atoms with E-state index in [1.165, 1.54) is 7.11 Å². The first-order valence-electron chi connectivity index (χ1n) is 9.07. The molecule has 0 bridgehead atoms. The number of fused-ring (bicyclic) bond motifs is 1. The highest BCUT2D eigenvalue weighted by Crippen LogP contribution is 2.25. The molecule has 0 aromatic heterocycles. The van der Waals surface area contributed by atoms with Crippen LogP contribution in [-0.2, 0) is 19.1 Å². The molecule has 6 nitrogen and oxygen atoms in total. The quantitative estimate of drug-likeness (QED) is 0.477. The van der Waals surface area contributed by atoms with Crippen LogP contribution in [0.5, 0.6) is 5.75 Å². The van der Waals surface area contributed by atoms with E-state index in [1.807, 2.05) is 36.4 Å². The average Bonchev–Trinajstić information content (AvgIpc) is 2.65. The summed E-state index contributed by atoms with van der Waals surface area (Å²) in [6, 6.07) is 7.40. The molecule has 0 radical (unpaired) electrons. The van der Waals surface area contributed by atoms with Crippen LogP contribution in [0.15, 0.2) is 36.4 Å². The molecule has 1 amide bonds. The highest BCUT2D eigenvalue weighted by molar-refractivity contribution is 5.95. The van der Waals surface area contributed by atoms with E-state index in [4.69, 9.17) is 9.47 Å². The summed E-state index contributed by atoms with van der Waals surface area (Å²) in [4.78, 5) is 23.8. The summed E-state index contributed by atoms with van der Waals surface area (Å²) in [5.41, 5.74) is 0.654. The predicted octanol–water partition coefficient (Wildman–Crippen LogP) is 3.47. The second-order valence-electron chi connectivity index (χ2n) is 6.09. The van der Waals surface area contributed by atoms with Crippen LogP contribution in [0.1, 0.15) is 38.5 Å². The van der Waals surface area contributed by atoms with Gasteiger partial charge < -0.3 is 19.5 Å². The third kappa shape index (κ3) is 6.88. The molecular weight excluding hydrogens is 334 g/mol. The number of anilines is 1. The molecule has 0 aliphatic carbocycles. The zero-order valence-corrected chi connectivity index (χ0v) is 15.2. The van der Waals surface area contributed by atoms with E-state index in [2.05, 4.69) is 10.1 Å². The predicted molar refractivity (Wildman–Crippen MR) is 99.2 cm³/mol. The van der Waals surface area contributed by atoms with Gasteiger partial charge in [-0.15, -0.1) is 0 Å². The second kappa shape index (κ2) is 11.3. The van der Waals surface area contributed by atoms with Crippen LogP contribution >= 0.6 is 0 Å². The topological polar surface area (TPSA) is 73.9 Å². The number of rotatable bonds is 6. The minimum Gasteiger partial charge on any atom is -0.491 e. The highest BCUT2D eigenvalue weighted by atomic mass is 16.5. The fourth-order valence-electron chi connectivity index (χ4n) is 2.67. The summed E-state index contributed by atoms with van der Waals surface area (Å²) in [7, 11) is 1.39. The molecule has 142 valence electrons. The maximum absolute atomic E-state index is 12.6. The van der Waals surface area contributed by atoms with Gasteiger partial charge in [0.15, 0.2) is 0 Å². The number of hydrogen-bond donors (Lipinski definition) is 1. The van der Waals surface area contributed by atoms with Crippen molar-refractivity contribution >= 4 is 17.6 Å². The first-order chi connectivity index (χ1) is 12.7. The second-order valence-corrected chi connectivity index (χ2v) is 6.09. The maximum Gasteiger partial charge on any atom is 0.305 e. The zero-order valence-electron chi connectivity index (χ0n) is 15.2. The van der Waals surface area contributed by atoms with Crippen molar-refractivity contribution in [2.75, 3.05) is 25.6 Å². The van der Waals surface area contributed by atoms with Crippen molar-refractivity contribution in [3.8, 4) is 5.75 Å². The lowest BCUT2D eigenvalue weighted by molar-refractivity contribution is -0.140. The van der Waals surface area contributed by atoms with Gasteiger partial charge in [-0.25, -0.2) is 0 Å². The van der Waals surface area contributed by atoms with Crippen LogP contribution < -0.4 is 10.1 Å². The van der Waals surface area contributed by atoms with E-state index in [0.29, 0.717) is 37.5 Å². The van der Waals surface area contributed by atoms with Crippen LogP contribution in [0.25, 0.3) is 0 Å². The van der Waals surface area contributed by atoms with Crippen LogP contribution in [-0.4, -0.2) is 38.3 Å². The number of carbonyl (C=O) groups is 2. The van der Waals surface area contributed by atoms with Gasteiger partial charge in [0.1, 0.15) is 11.9 Å². The van der Waals surface area contributed by atoms with Crippen molar-refractivity contribution in [2.24, 2.45) is 0 Å². The summed E-state index contributed by atoms with van der Waals surface area (Å²) < 4.78 is 16.1. The Labute approximate surface area is 154 Å². The molecule has 1 aromatic rings. The minimum atomic E-state index is -0.537. The van der Waals surface area contributed by atoms with Gasteiger partial charge in [-0.2, -0.15) is 0 Å². The third-order valence-electron chi connectivity index (χ3n) is 4.11. The van der Waals surface area contributed by atoms with Gasteiger partial charge in [0.25, 0.3) is 5.91 Å². The van der Waals surface area contributed by atoms with Crippen molar-refractivity contribution in [1.29, 1.82) is 0 Å². The van der Waals surface area contributed by atoms with Crippen LogP contribution in [0.3, 0.4) is 0 Å². The van der Waals surface area contributed by atoms with E-state index in [0.717, 1.165) is 25.7 Å². The summed E-state index contributed by atoms with van der Waals surface area (Å²) >= 11 is 0. The Bertz CT molecular complexity index is 614. The highest BCUT2D eigenvalue weighted by Gasteiger charge is 2.20. The number of para-hydroxylation sites is 2. The van der Waals surface area contributed by atoms with Gasteiger partial charge in [-0.1, -0.05) is 37.1 Å². The molecule has 0 saturated carbocycles. The fraction of sp³-hybridized carbons (Fsp3) is 0.500. The SMILES string of the molecule is COC(=O)CCCCCC1OC/C=C\CCOc2ccccc2NC1=O. The molecule has 2 rings (SSSR count). The Balaban J connectivity index is 1.93. The number of hydrogen-bond acceptors (Lipinski definition) is 5. The van der Waals surface area contributed by atoms with E-state index < -0.39 is 6.10 Å². The molecule has 1 aliphatic heterocycles. The molecule has 6 heteroatoms. The van der Waals surface area contributed by atoms with E-state index in [-0.39, 0.29) is 11.9 Å². The monoisotopic (exact) mass is 361 g/mol. The molecule has 1 atom stereocenters. The van der Waals surface area contributed by atoms with Gasteiger partial charge in [0.2, 0.25) is 0 Å². The Morgan fingerprint density at radius 2 is 2.08 bits per heavy atom. The molecule has 26 heavy (non-hydrogen) atoms. The van der Waals surface area contributed by atoms with Crippen molar-refractivity contribution in [2.45, 2.75) is 44.6 Å². The smallest absolute Gasteiger partial charge is 0.305 e. The van der Waals surface area contributed by atoms with Crippen molar-refractivity contribution < 1.29 is 23.8 Å². The molecule has 1 N–H and O–H groups in total. The number of nitrogens with one attached hydrogen (secondary N) is 1. The first kappa shape index (κ1) is 20.0. The standard InChI is InChI=1S/C20H27NO5/c1-24-19(22)13-5-2-4-12-18-20(23)21-16-10-6-7-11-17(16)25-14-8-3-9-15-26-18/h3,6-7,9-11,18H,2,4-5,8,12-15H2,1H3,(H,21,23)/b9-3-. The molecule has 1 unspecified atom stereocenters. The van der Waals surface area contributed by atoms with E-state index >= 15 is 0 Å². The average molecular weight is 361 g/mol. The van der Waals surface area contributed by atoms with E-state index in [1.54, 1.807) is 0 Å². The molecule has 0 spiro atoms. The van der Waals surface area contributed by atoms with Crippen LogP contribution in [0, 0.1) is 0 Å². The van der Waals surface area contributed by atoms with Crippen molar-refractivity contribution in [3.63, 3.8) is 0 Å². The normalized spacial score (nSPS) is 19.1. The Hall–Kier alpha value is -2.34. The lowest BCUT2D eigenvalue weighted by Gasteiger charge is -2.19. The minimum absolute atomic E-state index is 0.178. The Kier molecular flexibility index (Phi) is 8.69. The summed E-state index contributed by atoms with van der Waals surface area (Å²) in [5.74, 6) is 0.279. The first-order valence-corrected chi connectivity index (χ1v) is 9.07. The Morgan fingerprint density at radius 3 is 2.92 bits per heavy atom. The molecule has 1 aromatic carbocycles. The molecule has 1 heterocycles. The van der Waals surface area contributed by atoms with Gasteiger partial charge in [-0.3, -0.25) is 9.59 Å². The third-order valence-corrected chi connectivity index (χ3v) is 4.11. The van der Waals surface area contributed by atoms with Gasteiger partial charge in [0.05, 0.1) is 26.0 Å². The molecule has 0 fully saturated rings. The molecule has 1 aliphatic rings. The Morgan fingerprint density at radius 1 is 1.23 bits per heavy atom. The number of carbonyl (C=O) groups excluding carboxylic acids is 2. The lowest BCUT2D eigenvalue weighted by Crippen LogP contribution is -2.31. The van der Waals surface area contributed by atoms with Crippen molar-refractivity contribution in [3.05, 3.63) is 36.4 Å². The number of amides is 1. The van der Waals surface area contributed by atoms with Crippen molar-refractivity contribution in [1.82, 2.24) is 0 Å².